The van der Waals surface area contributed by atoms with Crippen molar-refractivity contribution in [1.82, 2.24) is 14.6 Å². The lowest BCUT2D eigenvalue weighted by Crippen LogP contribution is -2.41. The van der Waals surface area contributed by atoms with E-state index in [9.17, 15) is 20.3 Å². The SMILES string of the molecule is [2H][C@@]1(O)[C@H](O)[C@@H](COC(=O)C(C)C)O[C@@]1(C#N)c1ccc2c(N)ncnn12. The van der Waals surface area contributed by atoms with E-state index >= 15 is 0 Å². The molecule has 4 atom stereocenters. The van der Waals surface area contributed by atoms with Gasteiger partial charge >= 0.3 is 5.97 Å². The quantitative estimate of drug-likeness (QED) is 0.601. The number of ether oxygens (including phenoxy) is 2. The van der Waals surface area contributed by atoms with E-state index in [0.29, 0.717) is 5.52 Å². The fourth-order valence-electron chi connectivity index (χ4n) is 2.74. The van der Waals surface area contributed by atoms with Gasteiger partial charge < -0.3 is 25.4 Å². The van der Waals surface area contributed by atoms with Crippen molar-refractivity contribution in [3.05, 3.63) is 24.2 Å². The molecule has 3 heterocycles. The van der Waals surface area contributed by atoms with Gasteiger partial charge in [0.05, 0.1) is 13.0 Å². The van der Waals surface area contributed by atoms with E-state index in [-0.39, 0.29) is 11.5 Å². The average Bonchev–Trinajstić information content (AvgIpc) is 3.13. The highest BCUT2D eigenvalue weighted by Gasteiger charge is 2.57. The number of esters is 1. The molecule has 2 aromatic rings. The number of rotatable bonds is 4. The second-order valence-corrected chi connectivity index (χ2v) is 6.23. The molecule has 10 heteroatoms. The summed E-state index contributed by atoms with van der Waals surface area (Å²) in [4.78, 5) is 15.5. The van der Waals surface area contributed by atoms with Crippen molar-refractivity contribution in [3.8, 4) is 6.07 Å². The molecule has 3 rings (SSSR count). The van der Waals surface area contributed by atoms with Gasteiger partial charge in [-0.1, -0.05) is 13.8 Å². The summed E-state index contributed by atoms with van der Waals surface area (Å²) in [5.74, 6) is -0.824. The number of carbonyl (C=O) groups excluding carboxylic acids is 1. The standard InChI is InChI=1S/C16H19N5O5/c1-8(2)15(24)25-5-10-12(22)13(23)16(6-17,26-10)11-4-3-9-14(18)19-7-20-21(9)11/h3-4,7-8,10,12-13,22-23H,5H2,1-2H3,(H2,18,19,20)/t10-,12-,13-,16+/m1/s1/i13D. The molecular formula is C16H19N5O5. The fraction of sp³-hybridized carbons (Fsp3) is 0.500. The summed E-state index contributed by atoms with van der Waals surface area (Å²) in [6.07, 6.45) is -4.72. The molecule has 138 valence electrons. The lowest BCUT2D eigenvalue weighted by molar-refractivity contribution is -0.154. The second kappa shape index (κ2) is 6.53. The molecule has 0 spiro atoms. The van der Waals surface area contributed by atoms with Crippen molar-refractivity contribution >= 4 is 17.3 Å². The molecule has 0 radical (unpaired) electrons. The normalized spacial score (nSPS) is 31.8. The zero-order valence-electron chi connectivity index (χ0n) is 15.2. The molecule has 0 amide bonds. The number of aliphatic hydroxyl groups is 2. The number of aliphatic hydroxyl groups excluding tert-OH is 1. The molecule has 0 saturated carbocycles. The van der Waals surface area contributed by atoms with Crippen molar-refractivity contribution in [2.24, 2.45) is 5.92 Å². The highest BCUT2D eigenvalue weighted by Crippen LogP contribution is 2.40. The van der Waals surface area contributed by atoms with E-state index in [2.05, 4.69) is 10.1 Å². The Morgan fingerprint density at radius 3 is 3.00 bits per heavy atom. The van der Waals surface area contributed by atoms with E-state index in [1.165, 1.54) is 16.6 Å². The number of aromatic nitrogens is 3. The second-order valence-electron chi connectivity index (χ2n) is 6.23. The predicted octanol–water partition coefficient (Wildman–Crippen LogP) is -0.650. The third-order valence-corrected chi connectivity index (χ3v) is 4.18. The monoisotopic (exact) mass is 362 g/mol. The average molecular weight is 362 g/mol. The minimum atomic E-state index is -2.76. The number of anilines is 1. The minimum absolute atomic E-state index is 0.0108. The molecule has 1 fully saturated rings. The highest BCUT2D eigenvalue weighted by atomic mass is 16.6. The van der Waals surface area contributed by atoms with Crippen molar-refractivity contribution in [3.63, 3.8) is 0 Å². The van der Waals surface area contributed by atoms with Gasteiger partial charge in [-0.15, -0.1) is 0 Å². The van der Waals surface area contributed by atoms with Crippen molar-refractivity contribution < 1.29 is 25.9 Å². The molecule has 0 aromatic carbocycles. The molecule has 26 heavy (non-hydrogen) atoms. The Bertz CT molecular complexity index is 924. The number of nitrogens with two attached hydrogens (primary N) is 1. The van der Waals surface area contributed by atoms with Crippen LogP contribution in [0.1, 0.15) is 20.9 Å². The van der Waals surface area contributed by atoms with E-state index < -0.39 is 42.4 Å². The summed E-state index contributed by atoms with van der Waals surface area (Å²) in [6.45, 7) is 2.83. The smallest absolute Gasteiger partial charge is 0.308 e. The largest absolute Gasteiger partial charge is 0.463 e. The molecule has 0 aliphatic carbocycles. The topological polar surface area (TPSA) is 156 Å². The van der Waals surface area contributed by atoms with Gasteiger partial charge in [0, 0.05) is 0 Å². The Balaban J connectivity index is 2.02. The molecule has 2 aromatic heterocycles. The molecule has 0 bridgehead atoms. The maximum absolute atomic E-state index is 11.7. The first kappa shape index (κ1) is 16.7. The zero-order chi connectivity index (χ0) is 20.0. The van der Waals surface area contributed by atoms with Gasteiger partial charge in [-0.3, -0.25) is 4.79 Å². The number of hydrogen-bond donors (Lipinski definition) is 3. The Labute approximate surface area is 150 Å². The van der Waals surface area contributed by atoms with Gasteiger partial charge in [-0.05, 0) is 12.1 Å². The lowest BCUT2D eigenvalue weighted by Gasteiger charge is -2.24. The summed E-state index contributed by atoms with van der Waals surface area (Å²) in [7, 11) is 0. The van der Waals surface area contributed by atoms with Gasteiger partial charge in [-0.25, -0.2) is 9.50 Å². The van der Waals surface area contributed by atoms with Crippen molar-refractivity contribution in [2.45, 2.75) is 37.7 Å². The first-order chi connectivity index (χ1) is 12.7. The summed E-state index contributed by atoms with van der Waals surface area (Å²) < 4.78 is 20.1. The summed E-state index contributed by atoms with van der Waals surface area (Å²) in [6, 6.07) is 4.67. The van der Waals surface area contributed by atoms with Crippen LogP contribution in [0.2, 0.25) is 0 Å². The lowest BCUT2D eigenvalue weighted by atomic mass is 9.92. The van der Waals surface area contributed by atoms with Gasteiger partial charge in [0.2, 0.25) is 5.60 Å². The summed E-state index contributed by atoms with van der Waals surface area (Å²) in [5.41, 5.74) is 3.80. The van der Waals surface area contributed by atoms with Crippen LogP contribution in [-0.2, 0) is 19.9 Å². The Kier molecular flexibility index (Phi) is 4.20. The molecule has 4 N–H and O–H groups in total. The Morgan fingerprint density at radius 2 is 2.35 bits per heavy atom. The van der Waals surface area contributed by atoms with Gasteiger partial charge in [-0.2, -0.15) is 10.4 Å². The molecule has 0 unspecified atom stereocenters. The summed E-state index contributed by atoms with van der Waals surface area (Å²) in [5, 5.41) is 34.8. The number of carbonyl (C=O) groups is 1. The fourth-order valence-corrected chi connectivity index (χ4v) is 2.74. The van der Waals surface area contributed by atoms with Gasteiger partial charge in [0.1, 0.15) is 42.8 Å². The number of fused-ring (bicyclic) bond motifs is 1. The number of nitrogens with zero attached hydrogens (tertiary/aromatic N) is 4. The van der Waals surface area contributed by atoms with E-state index in [4.69, 9.17) is 16.6 Å². The molecule has 1 aliphatic rings. The zero-order valence-corrected chi connectivity index (χ0v) is 14.2. The third-order valence-electron chi connectivity index (χ3n) is 4.18. The number of hydrogen-bond acceptors (Lipinski definition) is 9. The maximum atomic E-state index is 11.7. The van der Waals surface area contributed by atoms with Crippen molar-refractivity contribution in [2.75, 3.05) is 12.3 Å². The minimum Gasteiger partial charge on any atom is -0.463 e. The molecule has 1 saturated heterocycles. The molecular weight excluding hydrogens is 342 g/mol. The van der Waals surface area contributed by atoms with E-state index in [1.54, 1.807) is 19.9 Å². The van der Waals surface area contributed by atoms with E-state index in [0.717, 1.165) is 6.33 Å². The Morgan fingerprint density at radius 1 is 1.62 bits per heavy atom. The van der Waals surface area contributed by atoms with Crippen LogP contribution in [0.4, 0.5) is 5.82 Å². The van der Waals surface area contributed by atoms with Crippen LogP contribution < -0.4 is 5.73 Å². The van der Waals surface area contributed by atoms with Crippen LogP contribution in [0.15, 0.2) is 18.5 Å². The van der Waals surface area contributed by atoms with Crippen LogP contribution in [0, 0.1) is 17.2 Å². The van der Waals surface area contributed by atoms with Crippen LogP contribution in [0.5, 0.6) is 0 Å². The summed E-state index contributed by atoms with van der Waals surface area (Å²) >= 11 is 0. The maximum Gasteiger partial charge on any atom is 0.308 e. The first-order valence-electron chi connectivity index (χ1n) is 8.40. The van der Waals surface area contributed by atoms with Crippen LogP contribution in [0.3, 0.4) is 0 Å². The van der Waals surface area contributed by atoms with Gasteiger partial charge in [0.15, 0.2) is 5.82 Å². The molecule has 10 nitrogen and oxygen atoms in total. The predicted molar refractivity (Wildman–Crippen MR) is 87.4 cm³/mol. The Hall–Kier alpha value is -2.74. The van der Waals surface area contributed by atoms with Gasteiger partial charge in [0.25, 0.3) is 0 Å². The third kappa shape index (κ3) is 2.66. The first-order valence-corrected chi connectivity index (χ1v) is 7.90. The van der Waals surface area contributed by atoms with Crippen molar-refractivity contribution in [1.29, 1.82) is 5.26 Å². The molecule has 1 aliphatic heterocycles. The van der Waals surface area contributed by atoms with Crippen LogP contribution in [0.25, 0.3) is 5.52 Å². The number of nitriles is 1. The van der Waals surface area contributed by atoms with E-state index in [1.807, 2.05) is 0 Å². The number of nitrogen functional groups attached to an aromatic ring is 1. The van der Waals surface area contributed by atoms with Crippen LogP contribution >= 0.6 is 0 Å². The highest BCUT2D eigenvalue weighted by molar-refractivity contribution is 5.71. The van der Waals surface area contributed by atoms with Crippen LogP contribution in [-0.4, -0.2) is 55.7 Å².